The molecule has 0 saturated heterocycles. The normalized spacial score (nSPS) is 11.5. The molecule has 0 spiro atoms. The van der Waals surface area contributed by atoms with Crippen molar-refractivity contribution in [3.8, 4) is 5.75 Å². The summed E-state index contributed by atoms with van der Waals surface area (Å²) in [5.41, 5.74) is 4.06. The highest BCUT2D eigenvalue weighted by Crippen LogP contribution is 2.19. The van der Waals surface area contributed by atoms with Crippen molar-refractivity contribution in [1.82, 2.24) is 10.3 Å². The van der Waals surface area contributed by atoms with Gasteiger partial charge >= 0.3 is 0 Å². The van der Waals surface area contributed by atoms with E-state index in [9.17, 15) is 4.79 Å². The van der Waals surface area contributed by atoms with Crippen LogP contribution in [0.15, 0.2) is 60.8 Å². The summed E-state index contributed by atoms with van der Waals surface area (Å²) in [5, 5.41) is 4.07. The van der Waals surface area contributed by atoms with Crippen LogP contribution in [0.4, 0.5) is 0 Å². The van der Waals surface area contributed by atoms with Gasteiger partial charge in [-0.1, -0.05) is 30.3 Å². The van der Waals surface area contributed by atoms with E-state index in [2.05, 4.69) is 10.3 Å². The SMILES string of the molecule is COc1ccc(/C(C)=C/C(=O)NCc2c[nH]c3ccccc23)cc1. The molecule has 2 aromatic carbocycles. The van der Waals surface area contributed by atoms with Gasteiger partial charge in [0.2, 0.25) is 5.91 Å². The predicted molar refractivity (Wildman–Crippen MR) is 96.8 cm³/mol. The van der Waals surface area contributed by atoms with Crippen molar-refractivity contribution in [2.24, 2.45) is 0 Å². The van der Waals surface area contributed by atoms with E-state index in [-0.39, 0.29) is 5.91 Å². The summed E-state index contributed by atoms with van der Waals surface area (Å²) in [6.45, 7) is 2.42. The van der Waals surface area contributed by atoms with Crippen molar-refractivity contribution in [1.29, 1.82) is 0 Å². The van der Waals surface area contributed by atoms with Gasteiger partial charge in [0.05, 0.1) is 7.11 Å². The summed E-state index contributed by atoms with van der Waals surface area (Å²) >= 11 is 0. The standard InChI is InChI=1S/C20H20N2O2/c1-14(15-7-9-17(24-2)10-8-15)11-20(23)22-13-16-12-21-19-6-4-3-5-18(16)19/h3-12,21H,13H2,1-2H3,(H,22,23)/b14-11+. The van der Waals surface area contributed by atoms with Gasteiger partial charge in [0.1, 0.15) is 5.75 Å². The number of amides is 1. The van der Waals surface area contributed by atoms with Gasteiger partial charge in [-0.25, -0.2) is 0 Å². The molecule has 0 fully saturated rings. The molecule has 122 valence electrons. The third kappa shape index (κ3) is 3.49. The number of para-hydroxylation sites is 1. The van der Waals surface area contributed by atoms with Gasteiger partial charge in [-0.05, 0) is 41.8 Å². The predicted octanol–water partition coefficient (Wildman–Crippen LogP) is 3.90. The van der Waals surface area contributed by atoms with Crippen LogP contribution in [0, 0.1) is 0 Å². The van der Waals surface area contributed by atoms with Crippen molar-refractivity contribution in [3.05, 3.63) is 71.9 Å². The molecule has 1 heterocycles. The molecular formula is C20H20N2O2. The average molecular weight is 320 g/mol. The van der Waals surface area contributed by atoms with Crippen LogP contribution >= 0.6 is 0 Å². The molecule has 4 heteroatoms. The van der Waals surface area contributed by atoms with Crippen LogP contribution in [0.1, 0.15) is 18.1 Å². The highest BCUT2D eigenvalue weighted by molar-refractivity contribution is 5.95. The second-order valence-electron chi connectivity index (χ2n) is 5.63. The van der Waals surface area contributed by atoms with Gasteiger partial charge in [-0.2, -0.15) is 0 Å². The first-order valence-corrected chi connectivity index (χ1v) is 7.83. The van der Waals surface area contributed by atoms with Crippen molar-refractivity contribution in [2.75, 3.05) is 7.11 Å². The molecule has 0 aliphatic carbocycles. The fourth-order valence-electron chi connectivity index (χ4n) is 2.65. The Morgan fingerprint density at radius 1 is 1.17 bits per heavy atom. The van der Waals surface area contributed by atoms with Crippen LogP contribution < -0.4 is 10.1 Å². The van der Waals surface area contributed by atoms with Gasteiger partial charge in [0, 0.05) is 29.7 Å². The molecule has 0 aliphatic rings. The van der Waals surface area contributed by atoms with Crippen LogP contribution in [0.5, 0.6) is 5.75 Å². The first-order chi connectivity index (χ1) is 11.7. The topological polar surface area (TPSA) is 54.1 Å². The minimum atomic E-state index is -0.103. The van der Waals surface area contributed by atoms with E-state index < -0.39 is 0 Å². The molecule has 0 radical (unpaired) electrons. The molecule has 0 bridgehead atoms. The van der Waals surface area contributed by atoms with E-state index in [0.29, 0.717) is 6.54 Å². The van der Waals surface area contributed by atoms with E-state index in [4.69, 9.17) is 4.74 Å². The molecule has 3 aromatic rings. The molecule has 0 unspecified atom stereocenters. The second kappa shape index (κ2) is 7.04. The molecular weight excluding hydrogens is 300 g/mol. The molecule has 3 rings (SSSR count). The minimum absolute atomic E-state index is 0.103. The van der Waals surface area contributed by atoms with E-state index in [1.165, 1.54) is 0 Å². The first-order valence-electron chi connectivity index (χ1n) is 7.83. The number of methoxy groups -OCH3 is 1. The van der Waals surface area contributed by atoms with Crippen molar-refractivity contribution in [2.45, 2.75) is 13.5 Å². The maximum absolute atomic E-state index is 12.2. The van der Waals surface area contributed by atoms with Gasteiger partial charge in [0.25, 0.3) is 0 Å². The molecule has 1 amide bonds. The highest BCUT2D eigenvalue weighted by atomic mass is 16.5. The number of carbonyl (C=O) groups is 1. The zero-order chi connectivity index (χ0) is 16.9. The minimum Gasteiger partial charge on any atom is -0.497 e. The maximum Gasteiger partial charge on any atom is 0.244 e. The van der Waals surface area contributed by atoms with Crippen molar-refractivity contribution in [3.63, 3.8) is 0 Å². The number of ether oxygens (including phenoxy) is 1. The molecule has 2 N–H and O–H groups in total. The molecule has 0 atom stereocenters. The van der Waals surface area contributed by atoms with E-state index in [1.807, 2.05) is 61.7 Å². The Morgan fingerprint density at radius 3 is 2.67 bits per heavy atom. The lowest BCUT2D eigenvalue weighted by molar-refractivity contribution is -0.116. The number of hydrogen-bond acceptors (Lipinski definition) is 2. The Kier molecular flexibility index (Phi) is 4.66. The Hall–Kier alpha value is -3.01. The maximum atomic E-state index is 12.2. The Labute approximate surface area is 141 Å². The molecule has 1 aromatic heterocycles. The summed E-state index contributed by atoms with van der Waals surface area (Å²) < 4.78 is 5.14. The molecule has 0 aliphatic heterocycles. The lowest BCUT2D eigenvalue weighted by Gasteiger charge is -2.05. The fourth-order valence-corrected chi connectivity index (χ4v) is 2.65. The Balaban J connectivity index is 1.66. The van der Waals surface area contributed by atoms with Gasteiger partial charge in [-0.15, -0.1) is 0 Å². The van der Waals surface area contributed by atoms with Crippen molar-refractivity contribution < 1.29 is 9.53 Å². The molecule has 0 saturated carbocycles. The number of rotatable bonds is 5. The van der Waals surface area contributed by atoms with Crippen LogP contribution in [0.25, 0.3) is 16.5 Å². The zero-order valence-electron chi connectivity index (χ0n) is 13.8. The van der Waals surface area contributed by atoms with E-state index in [0.717, 1.165) is 33.4 Å². The van der Waals surface area contributed by atoms with Gasteiger partial charge < -0.3 is 15.0 Å². The number of H-pyrrole nitrogens is 1. The smallest absolute Gasteiger partial charge is 0.244 e. The number of carbonyl (C=O) groups excluding carboxylic acids is 1. The van der Waals surface area contributed by atoms with Gasteiger partial charge in [-0.3, -0.25) is 4.79 Å². The zero-order valence-corrected chi connectivity index (χ0v) is 13.8. The lowest BCUT2D eigenvalue weighted by atomic mass is 10.1. The van der Waals surface area contributed by atoms with Crippen molar-refractivity contribution >= 4 is 22.4 Å². The summed E-state index contributed by atoms with van der Waals surface area (Å²) in [4.78, 5) is 15.4. The quantitative estimate of drug-likeness (QED) is 0.701. The van der Waals surface area contributed by atoms with Crippen LogP contribution in [0.3, 0.4) is 0 Å². The summed E-state index contributed by atoms with van der Waals surface area (Å²) in [5.74, 6) is 0.698. The Morgan fingerprint density at radius 2 is 1.92 bits per heavy atom. The monoisotopic (exact) mass is 320 g/mol. The molecule has 4 nitrogen and oxygen atoms in total. The Bertz CT molecular complexity index is 876. The summed E-state index contributed by atoms with van der Waals surface area (Å²) in [7, 11) is 1.63. The van der Waals surface area contributed by atoms with Crippen LogP contribution in [-0.4, -0.2) is 18.0 Å². The fraction of sp³-hybridized carbons (Fsp3) is 0.150. The number of aromatic nitrogens is 1. The second-order valence-corrected chi connectivity index (χ2v) is 5.63. The number of allylic oxidation sites excluding steroid dienone is 1. The number of nitrogens with one attached hydrogen (secondary N) is 2. The van der Waals surface area contributed by atoms with Gasteiger partial charge in [0.15, 0.2) is 0 Å². The number of hydrogen-bond donors (Lipinski definition) is 2. The first kappa shape index (κ1) is 15.9. The lowest BCUT2D eigenvalue weighted by Crippen LogP contribution is -2.20. The van der Waals surface area contributed by atoms with Crippen LogP contribution in [0.2, 0.25) is 0 Å². The highest BCUT2D eigenvalue weighted by Gasteiger charge is 2.05. The van der Waals surface area contributed by atoms with E-state index in [1.54, 1.807) is 13.2 Å². The number of fused-ring (bicyclic) bond motifs is 1. The third-order valence-corrected chi connectivity index (χ3v) is 4.02. The summed E-state index contributed by atoms with van der Waals surface area (Å²) in [6.07, 6.45) is 3.56. The summed E-state index contributed by atoms with van der Waals surface area (Å²) in [6, 6.07) is 15.7. The number of aromatic amines is 1. The van der Waals surface area contributed by atoms with Crippen LogP contribution in [-0.2, 0) is 11.3 Å². The number of benzene rings is 2. The molecule has 24 heavy (non-hydrogen) atoms. The third-order valence-electron chi connectivity index (χ3n) is 4.02. The largest absolute Gasteiger partial charge is 0.497 e. The average Bonchev–Trinajstić information content (AvgIpc) is 3.03. The van der Waals surface area contributed by atoms with E-state index >= 15 is 0 Å².